The van der Waals surface area contributed by atoms with Gasteiger partial charge in [-0.05, 0) is 111 Å². The molecule has 0 bridgehead atoms. The second-order valence-electron chi connectivity index (χ2n) is 11.6. The topological polar surface area (TPSA) is 36.9 Å². The lowest BCUT2D eigenvalue weighted by Crippen LogP contribution is -2.32. The highest BCUT2D eigenvalue weighted by molar-refractivity contribution is 5.32. The molecule has 1 aliphatic carbocycles. The van der Waals surface area contributed by atoms with Crippen molar-refractivity contribution in [3.05, 3.63) is 59.7 Å². The lowest BCUT2D eigenvalue weighted by Gasteiger charge is -2.40. The van der Waals surface area contributed by atoms with Gasteiger partial charge in [0.25, 0.3) is 0 Å². The Bertz CT molecular complexity index is 897. The zero-order valence-corrected chi connectivity index (χ0v) is 24.8. The van der Waals surface area contributed by atoms with E-state index >= 15 is 0 Å². The first kappa shape index (κ1) is 30.5. The Morgan fingerprint density at radius 1 is 0.711 bits per heavy atom. The number of hydrogen-bond acceptors (Lipinski definition) is 4. The first-order valence-electron chi connectivity index (χ1n) is 15.1. The van der Waals surface area contributed by atoms with Gasteiger partial charge >= 0.3 is 0 Å². The van der Waals surface area contributed by atoms with E-state index in [-0.39, 0.29) is 18.0 Å². The number of rotatable bonds is 16. The molecule has 4 nitrogen and oxygen atoms in total. The van der Waals surface area contributed by atoms with Crippen LogP contribution in [0.1, 0.15) is 104 Å². The van der Waals surface area contributed by atoms with Gasteiger partial charge in [-0.3, -0.25) is 0 Å². The first-order chi connectivity index (χ1) is 18.3. The highest BCUT2D eigenvalue weighted by atomic mass is 16.7. The average molecular weight is 525 g/mol. The minimum atomic E-state index is -0.215. The standard InChI is InChI=1S/C34H52O4/c1-7-9-23-35-26(3)37-32-19-13-29(14-20-32)25-28-11-15-30(16-12-28)34(5,6)31-17-21-33(22-18-31)38-27(4)36-24-10-8-2/h13-14,17-22,26-28,30H,7-12,15-16,23-25H2,1-6H3. The molecular formula is C34H52O4. The summed E-state index contributed by atoms with van der Waals surface area (Å²) < 4.78 is 23.3. The molecule has 3 rings (SSSR count). The van der Waals surface area contributed by atoms with Crippen LogP contribution in [-0.2, 0) is 21.3 Å². The summed E-state index contributed by atoms with van der Waals surface area (Å²) in [6.07, 6.45) is 10.3. The molecule has 0 heterocycles. The molecule has 4 heteroatoms. The van der Waals surface area contributed by atoms with Crippen molar-refractivity contribution in [1.82, 2.24) is 0 Å². The van der Waals surface area contributed by atoms with E-state index in [0.29, 0.717) is 5.92 Å². The van der Waals surface area contributed by atoms with Gasteiger partial charge < -0.3 is 18.9 Å². The fourth-order valence-corrected chi connectivity index (χ4v) is 5.56. The van der Waals surface area contributed by atoms with Crippen LogP contribution < -0.4 is 9.47 Å². The number of benzene rings is 2. The predicted octanol–water partition coefficient (Wildman–Crippen LogP) is 9.10. The zero-order valence-electron chi connectivity index (χ0n) is 24.8. The smallest absolute Gasteiger partial charge is 0.196 e. The van der Waals surface area contributed by atoms with Gasteiger partial charge in [-0.15, -0.1) is 0 Å². The van der Waals surface area contributed by atoms with Crippen LogP contribution in [-0.4, -0.2) is 25.8 Å². The summed E-state index contributed by atoms with van der Waals surface area (Å²) in [4.78, 5) is 0. The van der Waals surface area contributed by atoms with E-state index in [4.69, 9.17) is 18.9 Å². The van der Waals surface area contributed by atoms with Crippen molar-refractivity contribution in [2.75, 3.05) is 13.2 Å². The Morgan fingerprint density at radius 3 is 1.66 bits per heavy atom. The van der Waals surface area contributed by atoms with Gasteiger partial charge in [0.05, 0.1) is 13.2 Å². The molecular weight excluding hydrogens is 472 g/mol. The van der Waals surface area contributed by atoms with E-state index in [1.165, 1.54) is 36.8 Å². The molecule has 0 radical (unpaired) electrons. The summed E-state index contributed by atoms with van der Waals surface area (Å²) >= 11 is 0. The molecule has 2 atom stereocenters. The predicted molar refractivity (Wildman–Crippen MR) is 157 cm³/mol. The third kappa shape index (κ3) is 9.61. The summed E-state index contributed by atoms with van der Waals surface area (Å²) in [5.74, 6) is 3.23. The first-order valence-corrected chi connectivity index (χ1v) is 15.1. The Balaban J connectivity index is 1.44. The molecule has 1 fully saturated rings. The fraction of sp³-hybridized carbons (Fsp3) is 0.647. The molecule has 0 N–H and O–H groups in total. The van der Waals surface area contributed by atoms with Crippen LogP contribution in [0, 0.1) is 11.8 Å². The van der Waals surface area contributed by atoms with E-state index in [2.05, 4.69) is 76.2 Å². The van der Waals surface area contributed by atoms with Gasteiger partial charge in [-0.25, -0.2) is 0 Å². The molecule has 0 saturated heterocycles. The molecule has 212 valence electrons. The van der Waals surface area contributed by atoms with Crippen LogP contribution >= 0.6 is 0 Å². The fourth-order valence-electron chi connectivity index (χ4n) is 5.56. The monoisotopic (exact) mass is 524 g/mol. The van der Waals surface area contributed by atoms with Crippen LogP contribution in [0.3, 0.4) is 0 Å². The lowest BCUT2D eigenvalue weighted by molar-refractivity contribution is -0.0677. The molecule has 2 aromatic carbocycles. The van der Waals surface area contributed by atoms with Crippen molar-refractivity contribution >= 4 is 0 Å². The van der Waals surface area contributed by atoms with Crippen LogP contribution in [0.15, 0.2) is 48.5 Å². The SMILES string of the molecule is CCCCOC(C)Oc1ccc(CC2CCC(C(C)(C)c3ccc(OC(C)OCCCC)cc3)CC2)cc1. The van der Waals surface area contributed by atoms with Crippen LogP contribution in [0.25, 0.3) is 0 Å². The Hall–Kier alpha value is -2.04. The quantitative estimate of drug-likeness (QED) is 0.162. The van der Waals surface area contributed by atoms with Crippen LogP contribution in [0.2, 0.25) is 0 Å². The number of hydrogen-bond donors (Lipinski definition) is 0. The maximum Gasteiger partial charge on any atom is 0.196 e. The third-order valence-electron chi connectivity index (χ3n) is 8.22. The van der Waals surface area contributed by atoms with E-state index in [0.717, 1.165) is 62.7 Å². The van der Waals surface area contributed by atoms with Gasteiger partial charge in [0.2, 0.25) is 0 Å². The van der Waals surface area contributed by atoms with Gasteiger partial charge in [-0.1, -0.05) is 64.8 Å². The average Bonchev–Trinajstić information content (AvgIpc) is 2.91. The van der Waals surface area contributed by atoms with E-state index in [1.54, 1.807) is 0 Å². The van der Waals surface area contributed by atoms with Crippen molar-refractivity contribution in [3.63, 3.8) is 0 Å². The normalized spacial score (nSPS) is 19.6. The summed E-state index contributed by atoms with van der Waals surface area (Å²) in [6, 6.07) is 17.3. The summed E-state index contributed by atoms with van der Waals surface area (Å²) in [6.45, 7) is 14.6. The maximum absolute atomic E-state index is 5.95. The molecule has 0 aliphatic heterocycles. The van der Waals surface area contributed by atoms with Gasteiger partial charge in [0.1, 0.15) is 11.5 Å². The van der Waals surface area contributed by atoms with E-state index in [9.17, 15) is 0 Å². The molecule has 1 saturated carbocycles. The van der Waals surface area contributed by atoms with Crippen LogP contribution in [0.5, 0.6) is 11.5 Å². The molecule has 0 spiro atoms. The van der Waals surface area contributed by atoms with Gasteiger partial charge in [-0.2, -0.15) is 0 Å². The molecule has 2 unspecified atom stereocenters. The van der Waals surface area contributed by atoms with Crippen LogP contribution in [0.4, 0.5) is 0 Å². The highest BCUT2D eigenvalue weighted by Crippen LogP contribution is 2.43. The molecule has 38 heavy (non-hydrogen) atoms. The second kappa shape index (κ2) is 15.5. The van der Waals surface area contributed by atoms with Gasteiger partial charge in [0, 0.05) is 0 Å². The van der Waals surface area contributed by atoms with Crippen molar-refractivity contribution in [2.45, 2.75) is 117 Å². The zero-order chi connectivity index (χ0) is 27.4. The molecule has 1 aliphatic rings. The van der Waals surface area contributed by atoms with E-state index in [1.807, 2.05) is 13.8 Å². The minimum Gasteiger partial charge on any atom is -0.465 e. The highest BCUT2D eigenvalue weighted by Gasteiger charge is 2.34. The summed E-state index contributed by atoms with van der Waals surface area (Å²) in [5.41, 5.74) is 2.96. The van der Waals surface area contributed by atoms with Crippen molar-refractivity contribution in [3.8, 4) is 11.5 Å². The Kier molecular flexibility index (Phi) is 12.5. The third-order valence-corrected chi connectivity index (χ3v) is 8.22. The van der Waals surface area contributed by atoms with Crippen molar-refractivity contribution in [1.29, 1.82) is 0 Å². The lowest BCUT2D eigenvalue weighted by atomic mass is 9.65. The molecule has 2 aromatic rings. The molecule has 0 aromatic heterocycles. The summed E-state index contributed by atoms with van der Waals surface area (Å²) in [7, 11) is 0. The van der Waals surface area contributed by atoms with E-state index < -0.39 is 0 Å². The largest absolute Gasteiger partial charge is 0.465 e. The molecule has 0 amide bonds. The Labute approximate surface area is 232 Å². The number of unbranched alkanes of at least 4 members (excludes halogenated alkanes) is 2. The summed E-state index contributed by atoms with van der Waals surface area (Å²) in [5, 5.41) is 0. The minimum absolute atomic E-state index is 0.154. The number of ether oxygens (including phenoxy) is 4. The van der Waals surface area contributed by atoms with Crippen molar-refractivity contribution in [2.24, 2.45) is 11.8 Å². The second-order valence-corrected chi connectivity index (χ2v) is 11.6. The van der Waals surface area contributed by atoms with Crippen molar-refractivity contribution < 1.29 is 18.9 Å². The maximum atomic E-state index is 5.95. The Morgan fingerprint density at radius 2 is 1.18 bits per heavy atom. The van der Waals surface area contributed by atoms with Gasteiger partial charge in [0.15, 0.2) is 12.6 Å².